The van der Waals surface area contributed by atoms with Gasteiger partial charge in [-0.15, -0.1) is 0 Å². The molecule has 0 aromatic rings. The molecule has 0 atom stereocenters. The van der Waals surface area contributed by atoms with E-state index in [1.165, 1.54) is 0 Å². The molecule has 5 heteroatoms. The molecule has 0 bridgehead atoms. The van der Waals surface area contributed by atoms with Crippen molar-refractivity contribution in [2.24, 2.45) is 0 Å². The van der Waals surface area contributed by atoms with Crippen LogP contribution in [-0.2, 0) is 33.9 Å². The van der Waals surface area contributed by atoms with E-state index in [4.69, 9.17) is 15.0 Å². The van der Waals surface area contributed by atoms with Crippen molar-refractivity contribution < 1.29 is 48.9 Å². The summed E-state index contributed by atoms with van der Waals surface area (Å²) in [6.07, 6.45) is -1.83. The van der Waals surface area contributed by atoms with E-state index in [-0.39, 0.29) is 33.9 Å². The zero-order valence-corrected chi connectivity index (χ0v) is 4.79. The second-order valence-electron chi connectivity index (χ2n) is 0.283. The van der Waals surface area contributed by atoms with E-state index in [2.05, 4.69) is 0 Å². The van der Waals surface area contributed by atoms with E-state index in [0.717, 1.165) is 0 Å². The SMILES string of the molecule is O=C(O)O.[Cr].[Ni]. The maximum absolute atomic E-state index is 8.56. The quantitative estimate of drug-likeness (QED) is 0.514. The van der Waals surface area contributed by atoms with Crippen LogP contribution in [0, 0.1) is 0 Å². The maximum Gasteiger partial charge on any atom is 0.503 e. The molecule has 0 aliphatic heterocycles. The van der Waals surface area contributed by atoms with E-state index in [0.29, 0.717) is 0 Å². The summed E-state index contributed by atoms with van der Waals surface area (Å²) >= 11 is 0. The maximum atomic E-state index is 8.56. The van der Waals surface area contributed by atoms with Gasteiger partial charge in [0.15, 0.2) is 0 Å². The molecule has 0 saturated heterocycles. The average molecular weight is 173 g/mol. The molecule has 0 aromatic heterocycles. The fraction of sp³-hybridized carbons (Fsp3) is 0. The van der Waals surface area contributed by atoms with E-state index in [1.807, 2.05) is 0 Å². The molecule has 0 rings (SSSR count). The molecule has 0 radical (unpaired) electrons. The molecule has 0 saturated carbocycles. The molecule has 0 aliphatic rings. The van der Waals surface area contributed by atoms with Gasteiger partial charge in [0.05, 0.1) is 0 Å². The van der Waals surface area contributed by atoms with Crippen LogP contribution in [0.5, 0.6) is 0 Å². The van der Waals surface area contributed by atoms with Crippen molar-refractivity contribution in [1.29, 1.82) is 0 Å². The van der Waals surface area contributed by atoms with Gasteiger partial charge in [-0.05, 0) is 0 Å². The second kappa shape index (κ2) is 9.00. The van der Waals surface area contributed by atoms with Gasteiger partial charge in [0.2, 0.25) is 0 Å². The number of hydrogen-bond acceptors (Lipinski definition) is 1. The predicted molar refractivity (Wildman–Crippen MR) is 10.7 cm³/mol. The van der Waals surface area contributed by atoms with Gasteiger partial charge in [0, 0.05) is 33.9 Å². The number of hydrogen-bond donors (Lipinski definition) is 2. The molecule has 0 aliphatic carbocycles. The fourth-order valence-electron chi connectivity index (χ4n) is 0. The van der Waals surface area contributed by atoms with Crippen LogP contribution in [-0.4, -0.2) is 16.4 Å². The van der Waals surface area contributed by atoms with Gasteiger partial charge in [0.1, 0.15) is 0 Å². The molecule has 2 N–H and O–H groups in total. The standard InChI is InChI=1S/CH2O3.Cr.Ni/c2-1(3)4;;/h(H2,2,3,4);;. The predicted octanol–water partition coefficient (Wildman–Crippen LogP) is 0.217. The Morgan fingerprint density at radius 2 is 1.33 bits per heavy atom. The van der Waals surface area contributed by atoms with Gasteiger partial charge in [-0.25, -0.2) is 4.79 Å². The van der Waals surface area contributed by atoms with Crippen LogP contribution in [0.2, 0.25) is 0 Å². The van der Waals surface area contributed by atoms with Crippen molar-refractivity contribution in [3.63, 3.8) is 0 Å². The Morgan fingerprint density at radius 3 is 1.33 bits per heavy atom. The van der Waals surface area contributed by atoms with Gasteiger partial charge >= 0.3 is 6.16 Å². The monoisotopic (exact) mass is 172 g/mol. The van der Waals surface area contributed by atoms with Crippen molar-refractivity contribution in [2.45, 2.75) is 0 Å². The Morgan fingerprint density at radius 1 is 1.33 bits per heavy atom. The van der Waals surface area contributed by atoms with Crippen LogP contribution in [0.4, 0.5) is 4.79 Å². The normalized spacial score (nSPS) is 4.00. The molecule has 6 heavy (non-hydrogen) atoms. The van der Waals surface area contributed by atoms with Gasteiger partial charge in [-0.2, -0.15) is 0 Å². The minimum atomic E-state index is -1.83. The van der Waals surface area contributed by atoms with E-state index < -0.39 is 6.16 Å². The van der Waals surface area contributed by atoms with Crippen LogP contribution < -0.4 is 0 Å². The van der Waals surface area contributed by atoms with Crippen molar-refractivity contribution in [3.05, 3.63) is 0 Å². The van der Waals surface area contributed by atoms with Gasteiger partial charge in [0.25, 0.3) is 0 Å². The number of carboxylic acid groups (broad SMARTS) is 2. The molecule has 0 spiro atoms. The molecular weight excluding hydrogens is 171 g/mol. The first kappa shape index (κ1) is 16.3. The Hall–Kier alpha value is 0.296. The smallest absolute Gasteiger partial charge is 0.450 e. The Kier molecular flexibility index (Phi) is 24.4. The molecule has 0 heterocycles. The van der Waals surface area contributed by atoms with Gasteiger partial charge in [-0.1, -0.05) is 0 Å². The molecule has 3 nitrogen and oxygen atoms in total. The summed E-state index contributed by atoms with van der Waals surface area (Å²) < 4.78 is 0. The van der Waals surface area contributed by atoms with E-state index >= 15 is 0 Å². The van der Waals surface area contributed by atoms with Crippen molar-refractivity contribution in [3.8, 4) is 0 Å². The summed E-state index contributed by atoms with van der Waals surface area (Å²) in [6.45, 7) is 0. The Bertz CT molecular complexity index is 33.8. The average Bonchev–Trinajstić information content (AvgIpc) is 0.811. The van der Waals surface area contributed by atoms with Crippen LogP contribution in [0.1, 0.15) is 0 Å². The molecule has 0 amide bonds. The Balaban J connectivity index is -0.0000000450. The zero-order chi connectivity index (χ0) is 3.58. The third-order valence-electron chi connectivity index (χ3n) is 0. The summed E-state index contributed by atoms with van der Waals surface area (Å²) in [6, 6.07) is 0. The fourth-order valence-corrected chi connectivity index (χ4v) is 0. The van der Waals surface area contributed by atoms with Crippen molar-refractivity contribution in [1.82, 2.24) is 0 Å². The summed E-state index contributed by atoms with van der Waals surface area (Å²) in [5.74, 6) is 0. The molecule has 0 aromatic carbocycles. The second-order valence-corrected chi connectivity index (χ2v) is 0.283. The summed E-state index contributed by atoms with van der Waals surface area (Å²) in [5.41, 5.74) is 0. The molecule has 0 fully saturated rings. The molecule has 40 valence electrons. The van der Waals surface area contributed by atoms with Crippen molar-refractivity contribution in [2.75, 3.05) is 0 Å². The van der Waals surface area contributed by atoms with Gasteiger partial charge in [-0.3, -0.25) is 0 Å². The van der Waals surface area contributed by atoms with E-state index in [9.17, 15) is 0 Å². The molecular formula is CH2CrNiO3. The first-order valence-corrected chi connectivity index (χ1v) is 0.651. The van der Waals surface area contributed by atoms with Crippen LogP contribution >= 0.6 is 0 Å². The summed E-state index contributed by atoms with van der Waals surface area (Å²) in [4.78, 5) is 8.56. The summed E-state index contributed by atoms with van der Waals surface area (Å²) in [7, 11) is 0. The minimum Gasteiger partial charge on any atom is -0.450 e. The zero-order valence-electron chi connectivity index (χ0n) is 2.53. The third kappa shape index (κ3) is 533. The summed E-state index contributed by atoms with van der Waals surface area (Å²) in [5, 5.41) is 13.9. The largest absolute Gasteiger partial charge is 0.503 e. The Labute approximate surface area is 55.4 Å². The van der Waals surface area contributed by atoms with E-state index in [1.54, 1.807) is 0 Å². The van der Waals surface area contributed by atoms with Crippen molar-refractivity contribution >= 4 is 6.16 Å². The number of rotatable bonds is 0. The first-order chi connectivity index (χ1) is 1.73. The number of carbonyl (C=O) groups is 1. The minimum absolute atomic E-state index is 0. The third-order valence-corrected chi connectivity index (χ3v) is 0. The van der Waals surface area contributed by atoms with Crippen LogP contribution in [0.25, 0.3) is 0 Å². The first-order valence-electron chi connectivity index (χ1n) is 0.651. The van der Waals surface area contributed by atoms with Crippen LogP contribution in [0.3, 0.4) is 0 Å². The molecule has 0 unspecified atom stereocenters. The topological polar surface area (TPSA) is 57.5 Å². The van der Waals surface area contributed by atoms with Crippen LogP contribution in [0.15, 0.2) is 0 Å². The van der Waals surface area contributed by atoms with Gasteiger partial charge < -0.3 is 10.2 Å².